The van der Waals surface area contributed by atoms with Crippen LogP contribution in [0.1, 0.15) is 33.3 Å². The van der Waals surface area contributed by atoms with Crippen LogP contribution in [0.5, 0.6) is 0 Å². The summed E-state index contributed by atoms with van der Waals surface area (Å²) in [6, 6.07) is 18.1. The Bertz CT molecular complexity index is 1550. The molecule has 1 aliphatic heterocycles. The summed E-state index contributed by atoms with van der Waals surface area (Å²) >= 11 is 1.29. The summed E-state index contributed by atoms with van der Waals surface area (Å²) in [5.41, 5.74) is 1.25. The molecule has 0 saturated heterocycles. The van der Waals surface area contributed by atoms with Gasteiger partial charge in [-0.3, -0.25) is 18.7 Å². The van der Waals surface area contributed by atoms with E-state index >= 15 is 0 Å². The summed E-state index contributed by atoms with van der Waals surface area (Å²) in [4.78, 5) is 55.6. The van der Waals surface area contributed by atoms with Gasteiger partial charge in [-0.25, -0.2) is 9.59 Å². The van der Waals surface area contributed by atoms with Crippen molar-refractivity contribution >= 4 is 33.4 Å². The number of ketones is 1. The minimum absolute atomic E-state index is 0.105. The van der Waals surface area contributed by atoms with E-state index in [2.05, 4.69) is 0 Å². The maximum atomic E-state index is 13.7. The van der Waals surface area contributed by atoms with E-state index in [1.165, 1.54) is 20.5 Å². The first-order chi connectivity index (χ1) is 17.5. The molecular formula is C27H25N3O5S. The van der Waals surface area contributed by atoms with E-state index in [1.807, 2.05) is 36.4 Å². The van der Waals surface area contributed by atoms with E-state index < -0.39 is 11.8 Å². The second-order valence-electron chi connectivity index (χ2n) is 8.59. The predicted octanol–water partition coefficient (Wildman–Crippen LogP) is 3.67. The standard InChI is InChI=1S/C27H25N3O5S/c1-2-35-27(34)28-14-13-20-22(17-28)36-25-23(20)24(32)29(15-18-9-5-3-6-10-18)26(33)30(25)16-21(31)19-11-7-4-8-12-19/h3-12H,2,13-17H2,1H3. The third-order valence-electron chi connectivity index (χ3n) is 6.31. The maximum absolute atomic E-state index is 13.7. The van der Waals surface area contributed by atoms with Crippen molar-refractivity contribution in [1.29, 1.82) is 0 Å². The monoisotopic (exact) mass is 503 g/mol. The van der Waals surface area contributed by atoms with Crippen LogP contribution < -0.4 is 11.2 Å². The van der Waals surface area contributed by atoms with Gasteiger partial charge in [0.1, 0.15) is 4.83 Å². The molecule has 2 aromatic carbocycles. The van der Waals surface area contributed by atoms with Gasteiger partial charge >= 0.3 is 11.8 Å². The highest BCUT2D eigenvalue weighted by atomic mass is 32.1. The molecule has 1 aliphatic rings. The van der Waals surface area contributed by atoms with Gasteiger partial charge in [-0.05, 0) is 24.5 Å². The average Bonchev–Trinajstić information content (AvgIpc) is 3.29. The molecule has 3 heterocycles. The molecule has 0 spiro atoms. The third-order valence-corrected chi connectivity index (χ3v) is 7.55. The topological polar surface area (TPSA) is 90.6 Å². The minimum Gasteiger partial charge on any atom is -0.450 e. The number of carbonyl (C=O) groups is 2. The average molecular weight is 504 g/mol. The van der Waals surface area contributed by atoms with Crippen molar-refractivity contribution in [2.24, 2.45) is 0 Å². The molecule has 8 nitrogen and oxygen atoms in total. The molecule has 1 amide bonds. The SMILES string of the molecule is CCOC(=O)N1CCc2c(sc3c2c(=O)n(Cc2ccccc2)c(=O)n3CC(=O)c2ccccc2)C1. The van der Waals surface area contributed by atoms with Crippen LogP contribution >= 0.6 is 11.3 Å². The quantitative estimate of drug-likeness (QED) is 0.375. The second-order valence-corrected chi connectivity index (χ2v) is 9.67. The molecule has 0 aliphatic carbocycles. The number of rotatable bonds is 6. The smallest absolute Gasteiger partial charge is 0.410 e. The van der Waals surface area contributed by atoms with Crippen LogP contribution in [-0.4, -0.2) is 39.1 Å². The van der Waals surface area contributed by atoms with Crippen molar-refractivity contribution in [2.75, 3.05) is 13.2 Å². The third kappa shape index (κ3) is 4.37. The Balaban J connectivity index is 1.65. The van der Waals surface area contributed by atoms with Crippen molar-refractivity contribution < 1.29 is 14.3 Å². The molecule has 5 rings (SSSR count). The molecule has 0 unspecified atom stereocenters. The van der Waals surface area contributed by atoms with Crippen molar-refractivity contribution in [3.05, 3.63) is 103 Å². The van der Waals surface area contributed by atoms with Gasteiger partial charge in [-0.1, -0.05) is 60.7 Å². The van der Waals surface area contributed by atoms with Crippen LogP contribution in [0.2, 0.25) is 0 Å². The van der Waals surface area contributed by atoms with Gasteiger partial charge in [0.15, 0.2) is 5.78 Å². The minimum atomic E-state index is -0.526. The van der Waals surface area contributed by atoms with E-state index in [4.69, 9.17) is 4.74 Å². The zero-order valence-electron chi connectivity index (χ0n) is 19.8. The van der Waals surface area contributed by atoms with E-state index in [9.17, 15) is 19.2 Å². The first-order valence-corrected chi connectivity index (χ1v) is 12.6. The number of benzene rings is 2. The van der Waals surface area contributed by atoms with E-state index in [0.717, 1.165) is 16.0 Å². The van der Waals surface area contributed by atoms with Crippen LogP contribution in [-0.2, 0) is 30.8 Å². The summed E-state index contributed by atoms with van der Waals surface area (Å²) in [6.07, 6.45) is 0.0678. The lowest BCUT2D eigenvalue weighted by atomic mass is 10.1. The lowest BCUT2D eigenvalue weighted by molar-refractivity contribution is 0.0970. The molecule has 36 heavy (non-hydrogen) atoms. The number of Topliss-reactive ketones (excluding diaryl/α,β-unsaturated/α-hetero) is 1. The highest BCUT2D eigenvalue weighted by Crippen LogP contribution is 2.33. The highest BCUT2D eigenvalue weighted by molar-refractivity contribution is 7.18. The highest BCUT2D eigenvalue weighted by Gasteiger charge is 2.29. The Kier molecular flexibility index (Phi) is 6.56. The van der Waals surface area contributed by atoms with Gasteiger partial charge in [0.05, 0.1) is 31.6 Å². The second kappa shape index (κ2) is 9.94. The summed E-state index contributed by atoms with van der Waals surface area (Å²) < 4.78 is 7.77. The largest absolute Gasteiger partial charge is 0.450 e. The molecule has 2 aromatic heterocycles. The number of hydrogen-bond acceptors (Lipinski definition) is 6. The van der Waals surface area contributed by atoms with Crippen LogP contribution in [0.4, 0.5) is 4.79 Å². The summed E-state index contributed by atoms with van der Waals surface area (Å²) in [5.74, 6) is -0.219. The molecule has 0 bridgehead atoms. The molecule has 0 N–H and O–H groups in total. The molecular weight excluding hydrogens is 478 g/mol. The fourth-order valence-electron chi connectivity index (χ4n) is 4.53. The number of thiophene rings is 1. The Hall–Kier alpha value is -3.98. The van der Waals surface area contributed by atoms with Crippen LogP contribution in [0.15, 0.2) is 70.3 Å². The predicted molar refractivity (Wildman–Crippen MR) is 138 cm³/mol. The van der Waals surface area contributed by atoms with Crippen LogP contribution in [0.25, 0.3) is 10.2 Å². The van der Waals surface area contributed by atoms with Gasteiger partial charge < -0.3 is 9.64 Å². The Labute approximate surface area is 211 Å². The zero-order chi connectivity index (χ0) is 25.2. The van der Waals surface area contributed by atoms with Gasteiger partial charge in [-0.15, -0.1) is 11.3 Å². The first kappa shape index (κ1) is 23.7. The lowest BCUT2D eigenvalue weighted by Crippen LogP contribution is -2.41. The first-order valence-electron chi connectivity index (χ1n) is 11.8. The van der Waals surface area contributed by atoms with Crippen molar-refractivity contribution in [3.8, 4) is 0 Å². The Morgan fingerprint density at radius 1 is 0.972 bits per heavy atom. The number of fused-ring (bicyclic) bond motifs is 3. The number of hydrogen-bond donors (Lipinski definition) is 0. The van der Waals surface area contributed by atoms with E-state index in [0.29, 0.717) is 35.3 Å². The zero-order valence-corrected chi connectivity index (χ0v) is 20.6. The number of ether oxygens (including phenoxy) is 1. The normalized spacial score (nSPS) is 13.0. The summed E-state index contributed by atoms with van der Waals surface area (Å²) in [5, 5.41) is 0.454. The van der Waals surface area contributed by atoms with Crippen molar-refractivity contribution in [2.45, 2.75) is 33.0 Å². The van der Waals surface area contributed by atoms with Gasteiger partial charge in [0.25, 0.3) is 5.56 Å². The summed E-state index contributed by atoms with van der Waals surface area (Å²) in [7, 11) is 0. The van der Waals surface area contributed by atoms with Crippen molar-refractivity contribution in [3.63, 3.8) is 0 Å². The molecule has 9 heteroatoms. The molecule has 0 atom stereocenters. The van der Waals surface area contributed by atoms with Gasteiger partial charge in [0, 0.05) is 17.0 Å². The van der Waals surface area contributed by atoms with Gasteiger partial charge in [-0.2, -0.15) is 0 Å². The Morgan fingerprint density at radius 2 is 1.67 bits per heavy atom. The Morgan fingerprint density at radius 3 is 2.36 bits per heavy atom. The van der Waals surface area contributed by atoms with Crippen LogP contribution in [0, 0.1) is 0 Å². The van der Waals surface area contributed by atoms with E-state index in [1.54, 1.807) is 36.1 Å². The molecule has 0 radical (unpaired) electrons. The number of nitrogens with zero attached hydrogens (tertiary/aromatic N) is 3. The lowest BCUT2D eigenvalue weighted by Gasteiger charge is -2.25. The fraction of sp³-hybridized carbons (Fsp3) is 0.259. The maximum Gasteiger partial charge on any atom is 0.410 e. The number of amides is 1. The van der Waals surface area contributed by atoms with Gasteiger partial charge in [0.2, 0.25) is 0 Å². The molecule has 0 fully saturated rings. The molecule has 0 saturated carbocycles. The molecule has 184 valence electrons. The van der Waals surface area contributed by atoms with Crippen molar-refractivity contribution in [1.82, 2.24) is 14.0 Å². The summed E-state index contributed by atoms with van der Waals surface area (Å²) in [6.45, 7) is 2.66. The number of aromatic nitrogens is 2. The fourth-order valence-corrected chi connectivity index (χ4v) is 5.88. The molecule has 4 aromatic rings. The number of carbonyl (C=O) groups excluding carboxylic acids is 2. The van der Waals surface area contributed by atoms with E-state index in [-0.39, 0.29) is 31.0 Å². The van der Waals surface area contributed by atoms with Crippen LogP contribution in [0.3, 0.4) is 0 Å².